The number of allylic oxidation sites excluding steroid dienone is 1. The highest BCUT2D eigenvalue weighted by molar-refractivity contribution is 8.04. The Hall–Kier alpha value is -3.55. The normalized spacial score (nSPS) is 15.6. The minimum Gasteiger partial charge on any atom is -0.349 e. The van der Waals surface area contributed by atoms with Crippen LogP contribution in [0.5, 0.6) is 0 Å². The molecule has 2 amide bonds. The van der Waals surface area contributed by atoms with Gasteiger partial charge in [-0.05, 0) is 49.2 Å². The summed E-state index contributed by atoms with van der Waals surface area (Å²) in [6, 6.07) is 18.2. The monoisotopic (exact) mass is 402 g/mol. The van der Waals surface area contributed by atoms with E-state index in [-0.39, 0.29) is 28.8 Å². The predicted molar refractivity (Wildman–Crippen MR) is 113 cm³/mol. The van der Waals surface area contributed by atoms with E-state index in [1.807, 2.05) is 56.3 Å². The molecule has 0 unspecified atom stereocenters. The number of rotatable bonds is 5. The van der Waals surface area contributed by atoms with Crippen molar-refractivity contribution in [2.45, 2.75) is 25.5 Å². The first-order valence-electron chi connectivity index (χ1n) is 8.92. The lowest BCUT2D eigenvalue weighted by Gasteiger charge is -2.17. The number of para-hydroxylation sites is 1. The average molecular weight is 402 g/mol. The molecule has 1 atom stereocenters. The van der Waals surface area contributed by atoms with Gasteiger partial charge < -0.3 is 5.32 Å². The summed E-state index contributed by atoms with van der Waals surface area (Å²) in [4.78, 5) is 26.7. The highest BCUT2D eigenvalue weighted by atomic mass is 32.2. The molecule has 0 spiro atoms. The van der Waals surface area contributed by atoms with Crippen molar-refractivity contribution in [3.05, 3.63) is 70.3 Å². The van der Waals surface area contributed by atoms with Gasteiger partial charge in [0.2, 0.25) is 11.8 Å². The highest BCUT2D eigenvalue weighted by Crippen LogP contribution is 2.35. The van der Waals surface area contributed by atoms with Crippen molar-refractivity contribution < 1.29 is 9.59 Å². The van der Waals surface area contributed by atoms with Crippen molar-refractivity contribution in [1.82, 2.24) is 0 Å². The lowest BCUT2D eigenvalue weighted by Crippen LogP contribution is -2.31. The molecule has 0 aromatic heterocycles. The number of benzene rings is 2. The van der Waals surface area contributed by atoms with Crippen LogP contribution in [0.4, 0.5) is 11.4 Å². The number of nitrogens with zero attached hydrogens (tertiary/aromatic N) is 3. The van der Waals surface area contributed by atoms with E-state index in [0.717, 1.165) is 22.9 Å². The fourth-order valence-electron chi connectivity index (χ4n) is 2.90. The van der Waals surface area contributed by atoms with Gasteiger partial charge in [-0.3, -0.25) is 9.59 Å². The van der Waals surface area contributed by atoms with Crippen LogP contribution < -0.4 is 10.2 Å². The zero-order chi connectivity index (χ0) is 21.0. The van der Waals surface area contributed by atoms with Crippen LogP contribution in [0.25, 0.3) is 0 Å². The summed E-state index contributed by atoms with van der Waals surface area (Å²) in [5.74, 6) is -0.656. The molecule has 2 aromatic carbocycles. The van der Waals surface area contributed by atoms with E-state index in [0.29, 0.717) is 11.4 Å². The molecule has 1 fully saturated rings. The topological polar surface area (TPSA) is 97.0 Å². The summed E-state index contributed by atoms with van der Waals surface area (Å²) in [6.45, 7) is 3.88. The second-order valence-electron chi connectivity index (χ2n) is 6.57. The first-order valence-corrected chi connectivity index (χ1v) is 9.79. The van der Waals surface area contributed by atoms with Crippen LogP contribution >= 0.6 is 11.8 Å². The molecule has 7 heteroatoms. The summed E-state index contributed by atoms with van der Waals surface area (Å²) in [5.41, 5.74) is 3.14. The summed E-state index contributed by atoms with van der Waals surface area (Å²) in [5, 5.41) is 21.2. The number of carbonyl (C=O) groups is 2. The fraction of sp³-hybridized carbons (Fsp3) is 0.182. The van der Waals surface area contributed by atoms with Gasteiger partial charge in [-0.25, -0.2) is 4.90 Å². The molecule has 0 radical (unpaired) electrons. The number of carbonyl (C=O) groups excluding carboxylic acids is 2. The van der Waals surface area contributed by atoms with Gasteiger partial charge in [0.25, 0.3) is 0 Å². The van der Waals surface area contributed by atoms with E-state index in [4.69, 9.17) is 0 Å². The molecule has 0 saturated carbocycles. The molecule has 2 aromatic rings. The molecule has 1 aliphatic heterocycles. The number of hydrogen-bond donors (Lipinski definition) is 1. The van der Waals surface area contributed by atoms with Crippen molar-refractivity contribution in [1.29, 1.82) is 10.5 Å². The van der Waals surface area contributed by atoms with Gasteiger partial charge >= 0.3 is 0 Å². The van der Waals surface area contributed by atoms with Crippen LogP contribution in [0.3, 0.4) is 0 Å². The maximum atomic E-state index is 13.0. The third kappa shape index (κ3) is 4.31. The summed E-state index contributed by atoms with van der Waals surface area (Å²) >= 11 is 1.03. The number of anilines is 2. The quantitative estimate of drug-likeness (QED) is 0.599. The van der Waals surface area contributed by atoms with Gasteiger partial charge in [0.05, 0.1) is 10.9 Å². The largest absolute Gasteiger partial charge is 0.349 e. The van der Waals surface area contributed by atoms with Crippen LogP contribution in [0.1, 0.15) is 17.5 Å². The van der Waals surface area contributed by atoms with E-state index >= 15 is 0 Å². The lowest BCUT2D eigenvalue weighted by molar-refractivity contribution is -0.121. The number of nitriles is 2. The van der Waals surface area contributed by atoms with Crippen LogP contribution in [-0.2, 0) is 9.59 Å². The number of amides is 2. The smallest absolute Gasteiger partial charge is 0.247 e. The SMILES string of the molecule is Cc1ccc(N2C(=O)C[C@@H](SC(Nc3ccccc3)=C(C#N)C#N)C2=O)cc1C. The Morgan fingerprint density at radius 1 is 1.07 bits per heavy atom. The molecule has 6 nitrogen and oxygen atoms in total. The average Bonchev–Trinajstić information content (AvgIpc) is 2.99. The van der Waals surface area contributed by atoms with Gasteiger partial charge in [0.1, 0.15) is 17.2 Å². The van der Waals surface area contributed by atoms with Crippen molar-refractivity contribution in [3.63, 3.8) is 0 Å². The molecule has 0 aliphatic carbocycles. The van der Waals surface area contributed by atoms with Crippen LogP contribution in [0.2, 0.25) is 0 Å². The fourth-order valence-corrected chi connectivity index (χ4v) is 4.01. The number of thioether (sulfide) groups is 1. The maximum absolute atomic E-state index is 13.0. The lowest BCUT2D eigenvalue weighted by atomic mass is 10.1. The van der Waals surface area contributed by atoms with Gasteiger partial charge in [0, 0.05) is 12.1 Å². The van der Waals surface area contributed by atoms with Crippen LogP contribution in [0.15, 0.2) is 59.1 Å². The number of aryl methyl sites for hydroxylation is 2. The standard InChI is InChI=1S/C22H18N4O2S/c1-14-8-9-18(10-15(14)2)26-20(27)11-19(22(26)28)29-21(16(12-23)13-24)25-17-6-4-3-5-7-17/h3-10,19,25H,11H2,1-2H3/t19-/m1/s1. The Balaban J connectivity index is 1.87. The van der Waals surface area contributed by atoms with Crippen molar-refractivity contribution in [3.8, 4) is 12.1 Å². The first kappa shape index (κ1) is 20.2. The predicted octanol–water partition coefficient (Wildman–Crippen LogP) is 4.04. The third-order valence-corrected chi connectivity index (χ3v) is 5.79. The van der Waals surface area contributed by atoms with Gasteiger partial charge in [-0.2, -0.15) is 10.5 Å². The summed E-state index contributed by atoms with van der Waals surface area (Å²) < 4.78 is 0. The summed E-state index contributed by atoms with van der Waals surface area (Å²) in [6.07, 6.45) is 0.000527. The molecule has 29 heavy (non-hydrogen) atoms. The van der Waals surface area contributed by atoms with Crippen molar-refractivity contribution in [2.75, 3.05) is 10.2 Å². The minimum absolute atomic E-state index is 0.000527. The Labute approximate surface area is 173 Å². The second-order valence-corrected chi connectivity index (χ2v) is 7.78. The zero-order valence-electron chi connectivity index (χ0n) is 16.0. The molecule has 1 saturated heterocycles. The second kappa shape index (κ2) is 8.64. The van der Waals surface area contributed by atoms with Crippen LogP contribution in [-0.4, -0.2) is 17.1 Å². The number of hydrogen-bond acceptors (Lipinski definition) is 6. The van der Waals surface area contributed by atoms with E-state index in [9.17, 15) is 20.1 Å². The van der Waals surface area contributed by atoms with Crippen molar-refractivity contribution in [2.24, 2.45) is 0 Å². The zero-order valence-corrected chi connectivity index (χ0v) is 16.8. The maximum Gasteiger partial charge on any atom is 0.247 e. The third-order valence-electron chi connectivity index (χ3n) is 4.60. The Bertz CT molecular complexity index is 1060. The molecule has 1 N–H and O–H groups in total. The van der Waals surface area contributed by atoms with E-state index in [2.05, 4.69) is 5.32 Å². The van der Waals surface area contributed by atoms with E-state index in [1.165, 1.54) is 4.90 Å². The molecule has 144 valence electrons. The number of imide groups is 1. The number of nitrogens with one attached hydrogen (secondary N) is 1. The molecule has 1 aliphatic rings. The molecule has 3 rings (SSSR count). The molecule has 0 bridgehead atoms. The van der Waals surface area contributed by atoms with Crippen LogP contribution in [0, 0.1) is 36.5 Å². The van der Waals surface area contributed by atoms with Crippen molar-refractivity contribution >= 4 is 35.0 Å². The minimum atomic E-state index is -0.716. The molecular weight excluding hydrogens is 384 g/mol. The van der Waals surface area contributed by atoms with Gasteiger partial charge in [0.15, 0.2) is 5.57 Å². The first-order chi connectivity index (χ1) is 13.9. The van der Waals surface area contributed by atoms with Gasteiger partial charge in [-0.15, -0.1) is 0 Å². The van der Waals surface area contributed by atoms with E-state index in [1.54, 1.807) is 18.2 Å². The van der Waals surface area contributed by atoms with Gasteiger partial charge in [-0.1, -0.05) is 36.0 Å². The Morgan fingerprint density at radius 2 is 1.76 bits per heavy atom. The molecular formula is C22H18N4O2S. The highest BCUT2D eigenvalue weighted by Gasteiger charge is 2.41. The van der Waals surface area contributed by atoms with E-state index < -0.39 is 5.25 Å². The Kier molecular flexibility index (Phi) is 6.01. The summed E-state index contributed by atoms with van der Waals surface area (Å²) in [7, 11) is 0. The molecule has 1 heterocycles. The Morgan fingerprint density at radius 3 is 2.38 bits per heavy atom.